The van der Waals surface area contributed by atoms with E-state index in [1.165, 1.54) is 0 Å². The highest BCUT2D eigenvalue weighted by Crippen LogP contribution is 2.29. The van der Waals surface area contributed by atoms with Crippen LogP contribution in [0.2, 0.25) is 5.02 Å². The third-order valence-electron chi connectivity index (χ3n) is 2.15. The van der Waals surface area contributed by atoms with E-state index in [0.717, 1.165) is 18.8 Å². The van der Waals surface area contributed by atoms with Gasteiger partial charge in [-0.3, -0.25) is 0 Å². The van der Waals surface area contributed by atoms with Gasteiger partial charge < -0.3 is 22.2 Å². The van der Waals surface area contributed by atoms with Gasteiger partial charge in [0.25, 0.3) is 0 Å². The lowest BCUT2D eigenvalue weighted by molar-refractivity contribution is 0.368. The number of benzene rings is 1. The topological polar surface area (TPSA) is 31.4 Å². The lowest BCUT2D eigenvalue weighted by Crippen LogP contribution is -2.21. The second-order valence-corrected chi connectivity index (χ2v) is 3.81. The third-order valence-corrected chi connectivity index (χ3v) is 2.45. The first kappa shape index (κ1) is 17.5. The zero-order valence-electron chi connectivity index (χ0n) is 10.5. The highest BCUT2D eigenvalue weighted by Gasteiger charge is 2.20. The molecule has 0 saturated carbocycles. The van der Waals surface area contributed by atoms with Crippen molar-refractivity contribution >= 4 is 30.2 Å². The molecule has 106 valence electrons. The van der Waals surface area contributed by atoms with Crippen LogP contribution >= 0.6 is 11.6 Å². The van der Waals surface area contributed by atoms with E-state index in [9.17, 15) is 17.3 Å². The van der Waals surface area contributed by atoms with Crippen LogP contribution in [-0.4, -0.2) is 20.3 Å². The van der Waals surface area contributed by atoms with E-state index in [1.54, 1.807) is 12.1 Å². The molecule has 0 aromatic heterocycles. The van der Waals surface area contributed by atoms with Crippen LogP contribution in [-0.2, 0) is 0 Å². The van der Waals surface area contributed by atoms with E-state index >= 15 is 0 Å². The maximum absolute atomic E-state index is 9.75. The van der Waals surface area contributed by atoms with E-state index in [0.29, 0.717) is 10.7 Å². The van der Waals surface area contributed by atoms with Gasteiger partial charge in [0, 0.05) is 19.2 Å². The Kier molecular flexibility index (Phi) is 7.23. The van der Waals surface area contributed by atoms with E-state index in [-0.39, 0.29) is 0 Å². The molecule has 0 amide bonds. The van der Waals surface area contributed by atoms with Crippen LogP contribution in [0.1, 0.15) is 13.8 Å². The van der Waals surface area contributed by atoms with Crippen LogP contribution in [0.3, 0.4) is 0 Å². The molecule has 3 nitrogen and oxygen atoms in total. The molecule has 0 aliphatic carbocycles. The maximum Gasteiger partial charge on any atom is 0.673 e. The van der Waals surface area contributed by atoms with Crippen molar-refractivity contribution in [2.75, 3.05) is 18.0 Å². The number of halogens is 5. The summed E-state index contributed by atoms with van der Waals surface area (Å²) in [6.45, 7) is 5.96. The number of anilines is 1. The standard InChI is InChI=1S/C10H13ClN3.BF4/c1-3-14(4-2)10-6-5-8(13-12)7-9(10)11;2-1(3,4)5/h5-7H,3-4H2,1-2H3;/q+1;-1. The van der Waals surface area contributed by atoms with Crippen molar-refractivity contribution in [3.05, 3.63) is 28.2 Å². The Balaban J connectivity index is 0.000000555. The molecule has 1 aromatic carbocycles. The van der Waals surface area contributed by atoms with E-state index in [2.05, 4.69) is 23.7 Å². The van der Waals surface area contributed by atoms with Crippen LogP contribution < -0.4 is 4.90 Å². The molecule has 0 heterocycles. The Bertz CT molecular complexity index is 437. The first-order valence-corrected chi connectivity index (χ1v) is 5.87. The molecule has 19 heavy (non-hydrogen) atoms. The molecule has 0 saturated heterocycles. The van der Waals surface area contributed by atoms with Gasteiger partial charge >= 0.3 is 12.9 Å². The summed E-state index contributed by atoms with van der Waals surface area (Å²) in [5.74, 6) is 0. The van der Waals surface area contributed by atoms with E-state index in [1.807, 2.05) is 6.07 Å². The van der Waals surface area contributed by atoms with Gasteiger partial charge in [0.2, 0.25) is 5.39 Å². The van der Waals surface area contributed by atoms with Gasteiger partial charge in [-0.15, -0.1) is 0 Å². The molecule has 0 bridgehead atoms. The predicted molar refractivity (Wildman–Crippen MR) is 69.9 cm³/mol. The Hall–Kier alpha value is -1.49. The van der Waals surface area contributed by atoms with Crippen molar-refractivity contribution in [3.8, 4) is 0 Å². The second-order valence-electron chi connectivity index (χ2n) is 3.40. The lowest BCUT2D eigenvalue weighted by Gasteiger charge is -2.21. The monoisotopic (exact) mass is 297 g/mol. The molecule has 0 atom stereocenters. The van der Waals surface area contributed by atoms with E-state index < -0.39 is 7.25 Å². The van der Waals surface area contributed by atoms with Crippen LogP contribution in [0.25, 0.3) is 4.98 Å². The summed E-state index contributed by atoms with van der Waals surface area (Å²) in [6.07, 6.45) is 0. The van der Waals surface area contributed by atoms with Crippen molar-refractivity contribution in [2.45, 2.75) is 13.8 Å². The summed E-state index contributed by atoms with van der Waals surface area (Å²) in [4.78, 5) is 5.22. The Labute approximate surface area is 113 Å². The van der Waals surface area contributed by atoms with Crippen molar-refractivity contribution in [2.24, 2.45) is 0 Å². The van der Waals surface area contributed by atoms with Crippen molar-refractivity contribution in [1.82, 2.24) is 0 Å². The highest BCUT2D eigenvalue weighted by atomic mass is 35.5. The fourth-order valence-corrected chi connectivity index (χ4v) is 1.67. The van der Waals surface area contributed by atoms with Gasteiger partial charge in [0.05, 0.1) is 16.8 Å². The Morgan fingerprint density at radius 1 is 1.21 bits per heavy atom. The molecular formula is C10H13BClF4N3. The quantitative estimate of drug-likeness (QED) is 0.448. The number of hydrogen-bond donors (Lipinski definition) is 0. The summed E-state index contributed by atoms with van der Waals surface area (Å²) in [5.41, 5.74) is 1.45. The molecule has 0 spiro atoms. The van der Waals surface area contributed by atoms with Crippen LogP contribution in [0, 0.1) is 5.39 Å². The zero-order chi connectivity index (χ0) is 15.1. The number of diazo groups is 1. The number of rotatable bonds is 3. The molecule has 1 rings (SSSR count). The summed E-state index contributed by atoms with van der Waals surface area (Å²) in [6, 6.07) is 5.25. The first-order chi connectivity index (χ1) is 8.72. The minimum absolute atomic E-state index is 0.478. The second kappa shape index (κ2) is 7.84. The molecular weight excluding hydrogens is 284 g/mol. The van der Waals surface area contributed by atoms with Gasteiger partial charge in [-0.25, -0.2) is 0 Å². The smallest absolute Gasteiger partial charge is 0.418 e. The first-order valence-electron chi connectivity index (χ1n) is 5.49. The molecule has 0 aliphatic rings. The number of hydrogen-bond acceptors (Lipinski definition) is 2. The average Bonchev–Trinajstić information content (AvgIpc) is 2.30. The van der Waals surface area contributed by atoms with Crippen LogP contribution in [0.15, 0.2) is 18.2 Å². The predicted octanol–water partition coefficient (Wildman–Crippen LogP) is 4.97. The zero-order valence-corrected chi connectivity index (χ0v) is 11.2. The third kappa shape index (κ3) is 7.52. The largest absolute Gasteiger partial charge is 0.673 e. The summed E-state index contributed by atoms with van der Waals surface area (Å²) in [5, 5.41) is 9.17. The van der Waals surface area contributed by atoms with Crippen molar-refractivity contribution in [1.29, 1.82) is 5.39 Å². The molecule has 0 aliphatic heterocycles. The molecule has 0 fully saturated rings. The maximum atomic E-state index is 9.75. The van der Waals surface area contributed by atoms with E-state index in [4.69, 9.17) is 17.0 Å². The SMILES string of the molecule is CCN(CC)c1ccc([N+]#N)cc1Cl.F[B-](F)(F)F. The van der Waals surface area contributed by atoms with Crippen LogP contribution in [0.5, 0.6) is 0 Å². The fourth-order valence-electron chi connectivity index (χ4n) is 1.38. The van der Waals surface area contributed by atoms with Crippen molar-refractivity contribution < 1.29 is 17.3 Å². The normalized spacial score (nSPS) is 10.2. The minimum atomic E-state index is -6.00. The van der Waals surface area contributed by atoms with Gasteiger partial charge in [-0.05, 0) is 19.9 Å². The van der Waals surface area contributed by atoms with Crippen molar-refractivity contribution in [3.63, 3.8) is 0 Å². The molecule has 1 aromatic rings. The molecule has 0 unspecified atom stereocenters. The summed E-state index contributed by atoms with van der Waals surface area (Å²) < 4.78 is 39.0. The average molecular weight is 297 g/mol. The Morgan fingerprint density at radius 3 is 2.00 bits per heavy atom. The van der Waals surface area contributed by atoms with Gasteiger partial charge in [0.15, 0.2) is 4.98 Å². The highest BCUT2D eigenvalue weighted by molar-refractivity contribution is 6.50. The van der Waals surface area contributed by atoms with Gasteiger partial charge in [-0.1, -0.05) is 11.6 Å². The Morgan fingerprint density at radius 2 is 1.68 bits per heavy atom. The molecule has 0 radical (unpaired) electrons. The summed E-state index contributed by atoms with van der Waals surface area (Å²) >= 11 is 6.05. The lowest BCUT2D eigenvalue weighted by atomic mass is 10.2. The summed E-state index contributed by atoms with van der Waals surface area (Å²) in [7, 11) is -6.00. The van der Waals surface area contributed by atoms with Gasteiger partial charge in [0.1, 0.15) is 0 Å². The molecule has 0 N–H and O–H groups in total. The minimum Gasteiger partial charge on any atom is -0.418 e. The molecule has 9 heteroatoms. The van der Waals surface area contributed by atoms with Crippen LogP contribution in [0.4, 0.5) is 28.6 Å². The number of nitrogens with zero attached hydrogens (tertiary/aromatic N) is 3. The van der Waals surface area contributed by atoms with Gasteiger partial charge in [-0.2, -0.15) is 0 Å². The fraction of sp³-hybridized carbons (Fsp3) is 0.400.